The summed E-state index contributed by atoms with van der Waals surface area (Å²) in [6.45, 7) is 6.50. The van der Waals surface area contributed by atoms with Crippen molar-refractivity contribution in [3.63, 3.8) is 0 Å². The van der Waals surface area contributed by atoms with Crippen LogP contribution in [0.3, 0.4) is 0 Å². The number of hydrogen-bond donors (Lipinski definition) is 0. The van der Waals surface area contributed by atoms with Crippen LogP contribution in [0.4, 0.5) is 0 Å². The lowest BCUT2D eigenvalue weighted by Crippen LogP contribution is -2.36. The first-order chi connectivity index (χ1) is 8.54. The molecular formula is C14H22ClNO2. The monoisotopic (exact) mass is 271 g/mol. The molecule has 102 valence electrons. The van der Waals surface area contributed by atoms with Crippen molar-refractivity contribution in [2.45, 2.75) is 52.6 Å². The van der Waals surface area contributed by atoms with E-state index in [4.69, 9.17) is 16.0 Å². The minimum Gasteiger partial charge on any atom is -0.464 e. The second-order valence-corrected chi connectivity index (χ2v) is 5.15. The minimum atomic E-state index is 0.171. The Morgan fingerprint density at radius 3 is 2.61 bits per heavy atom. The van der Waals surface area contributed by atoms with Crippen LogP contribution in [-0.4, -0.2) is 22.7 Å². The number of nitrogens with zero attached hydrogens (tertiary/aromatic N) is 1. The van der Waals surface area contributed by atoms with Crippen LogP contribution < -0.4 is 0 Å². The number of aryl methyl sites for hydroxylation is 1. The first kappa shape index (κ1) is 15.1. The number of alkyl halides is 1. The minimum absolute atomic E-state index is 0.171. The molecule has 0 aliphatic rings. The van der Waals surface area contributed by atoms with Crippen LogP contribution in [0, 0.1) is 6.92 Å². The molecule has 0 aliphatic heterocycles. The highest BCUT2D eigenvalue weighted by molar-refractivity contribution is 6.17. The summed E-state index contributed by atoms with van der Waals surface area (Å²) >= 11 is 5.62. The van der Waals surface area contributed by atoms with Crippen LogP contribution >= 0.6 is 11.6 Å². The van der Waals surface area contributed by atoms with Crippen LogP contribution in [0.1, 0.15) is 44.6 Å². The van der Waals surface area contributed by atoms with E-state index in [1.54, 1.807) is 0 Å². The maximum Gasteiger partial charge on any atom is 0.223 e. The van der Waals surface area contributed by atoms with Gasteiger partial charge in [0.05, 0.1) is 6.54 Å². The fraction of sp³-hybridized carbons (Fsp3) is 0.643. The molecule has 0 spiro atoms. The third-order valence-corrected chi connectivity index (χ3v) is 3.11. The molecular weight excluding hydrogens is 250 g/mol. The van der Waals surface area contributed by atoms with Gasteiger partial charge in [0.25, 0.3) is 0 Å². The van der Waals surface area contributed by atoms with E-state index in [9.17, 15) is 4.79 Å². The van der Waals surface area contributed by atoms with Gasteiger partial charge in [0.1, 0.15) is 11.5 Å². The zero-order valence-electron chi connectivity index (χ0n) is 11.4. The summed E-state index contributed by atoms with van der Waals surface area (Å²) in [7, 11) is 0. The molecule has 1 amide bonds. The van der Waals surface area contributed by atoms with Gasteiger partial charge in [0.15, 0.2) is 0 Å². The van der Waals surface area contributed by atoms with Gasteiger partial charge in [-0.3, -0.25) is 4.79 Å². The quantitative estimate of drug-likeness (QED) is 0.559. The summed E-state index contributed by atoms with van der Waals surface area (Å²) in [5, 5.41) is 0. The Morgan fingerprint density at radius 2 is 2.11 bits per heavy atom. The van der Waals surface area contributed by atoms with E-state index < -0.39 is 0 Å². The maximum atomic E-state index is 12.1. The molecule has 0 aliphatic carbocycles. The maximum absolute atomic E-state index is 12.1. The summed E-state index contributed by atoms with van der Waals surface area (Å²) in [5.74, 6) is 2.51. The molecule has 18 heavy (non-hydrogen) atoms. The summed E-state index contributed by atoms with van der Waals surface area (Å²) in [4.78, 5) is 14.0. The normalized spacial score (nSPS) is 10.9. The number of carbonyl (C=O) groups excluding carboxylic acids is 1. The molecule has 0 fully saturated rings. The van der Waals surface area contributed by atoms with E-state index in [2.05, 4.69) is 0 Å². The highest BCUT2D eigenvalue weighted by Gasteiger charge is 2.18. The van der Waals surface area contributed by atoms with Crippen molar-refractivity contribution >= 4 is 17.5 Å². The summed E-state index contributed by atoms with van der Waals surface area (Å²) in [6.07, 6.45) is 2.30. The zero-order chi connectivity index (χ0) is 13.5. The fourth-order valence-corrected chi connectivity index (χ4v) is 2.00. The molecule has 0 saturated heterocycles. The predicted octanol–water partition coefficient (Wildman–Crippen LogP) is 3.73. The summed E-state index contributed by atoms with van der Waals surface area (Å²) < 4.78 is 5.52. The van der Waals surface area contributed by atoms with Crippen LogP contribution in [0.2, 0.25) is 0 Å². The molecule has 0 N–H and O–H groups in total. The van der Waals surface area contributed by atoms with Gasteiger partial charge in [-0.05, 0) is 45.7 Å². The summed E-state index contributed by atoms with van der Waals surface area (Å²) in [6, 6.07) is 4.03. The Labute approximate surface area is 114 Å². The molecule has 0 unspecified atom stereocenters. The first-order valence-corrected chi connectivity index (χ1v) is 6.98. The van der Waals surface area contributed by atoms with Crippen molar-refractivity contribution in [1.82, 2.24) is 4.90 Å². The Bertz CT molecular complexity index is 374. The van der Waals surface area contributed by atoms with E-state index in [0.717, 1.165) is 24.4 Å². The molecule has 0 aromatic carbocycles. The van der Waals surface area contributed by atoms with Gasteiger partial charge in [0.2, 0.25) is 5.91 Å². The van der Waals surface area contributed by atoms with Crippen molar-refractivity contribution in [3.8, 4) is 0 Å². The van der Waals surface area contributed by atoms with Crippen molar-refractivity contribution in [2.24, 2.45) is 0 Å². The van der Waals surface area contributed by atoms with Crippen molar-refractivity contribution < 1.29 is 9.21 Å². The number of unbranched alkanes of at least 4 members (excludes halogenated alkanes) is 1. The van der Waals surface area contributed by atoms with Gasteiger partial charge < -0.3 is 9.32 Å². The summed E-state index contributed by atoms with van der Waals surface area (Å²) in [5.41, 5.74) is 0. The van der Waals surface area contributed by atoms with Crippen LogP contribution in [0.5, 0.6) is 0 Å². The molecule has 0 saturated carbocycles. The number of rotatable bonds is 7. The Hall–Kier alpha value is -0.960. The largest absolute Gasteiger partial charge is 0.464 e. The molecule has 0 bridgehead atoms. The number of halogens is 1. The number of amides is 1. The van der Waals surface area contributed by atoms with E-state index in [1.807, 2.05) is 37.8 Å². The Balaban J connectivity index is 2.56. The van der Waals surface area contributed by atoms with Gasteiger partial charge in [-0.25, -0.2) is 0 Å². The highest BCUT2D eigenvalue weighted by atomic mass is 35.5. The lowest BCUT2D eigenvalue weighted by molar-refractivity contribution is -0.134. The third kappa shape index (κ3) is 4.73. The third-order valence-electron chi connectivity index (χ3n) is 2.84. The van der Waals surface area contributed by atoms with Gasteiger partial charge >= 0.3 is 0 Å². The van der Waals surface area contributed by atoms with E-state index >= 15 is 0 Å². The van der Waals surface area contributed by atoms with Gasteiger partial charge in [-0.1, -0.05) is 0 Å². The van der Waals surface area contributed by atoms with Crippen LogP contribution in [0.25, 0.3) is 0 Å². The van der Waals surface area contributed by atoms with Crippen molar-refractivity contribution in [2.75, 3.05) is 5.88 Å². The van der Waals surface area contributed by atoms with Gasteiger partial charge in [-0.15, -0.1) is 11.6 Å². The average molecular weight is 272 g/mol. The molecule has 1 heterocycles. The van der Waals surface area contributed by atoms with Crippen LogP contribution in [-0.2, 0) is 11.3 Å². The second-order valence-electron chi connectivity index (χ2n) is 4.77. The molecule has 3 nitrogen and oxygen atoms in total. The standard InChI is InChI=1S/C14H22ClNO2/c1-11(2)16(14(17)6-4-5-9-15)10-13-8-7-12(3)18-13/h7-8,11H,4-6,9-10H2,1-3H3. The van der Waals surface area contributed by atoms with E-state index in [-0.39, 0.29) is 11.9 Å². The lowest BCUT2D eigenvalue weighted by Gasteiger charge is -2.26. The fourth-order valence-electron chi connectivity index (χ4n) is 1.81. The van der Waals surface area contributed by atoms with E-state index in [0.29, 0.717) is 18.8 Å². The Kier molecular flexibility index (Phi) is 6.27. The van der Waals surface area contributed by atoms with Gasteiger partial charge in [-0.2, -0.15) is 0 Å². The molecule has 0 radical (unpaired) electrons. The van der Waals surface area contributed by atoms with Crippen molar-refractivity contribution in [3.05, 3.63) is 23.7 Å². The average Bonchev–Trinajstić information content (AvgIpc) is 2.71. The molecule has 4 heteroatoms. The Morgan fingerprint density at radius 1 is 1.39 bits per heavy atom. The SMILES string of the molecule is Cc1ccc(CN(C(=O)CCCCCl)C(C)C)o1. The van der Waals surface area contributed by atoms with E-state index in [1.165, 1.54) is 0 Å². The first-order valence-electron chi connectivity index (χ1n) is 6.45. The highest BCUT2D eigenvalue weighted by Crippen LogP contribution is 2.14. The predicted molar refractivity (Wildman–Crippen MR) is 73.7 cm³/mol. The van der Waals surface area contributed by atoms with Gasteiger partial charge in [0, 0.05) is 18.3 Å². The lowest BCUT2D eigenvalue weighted by atomic mass is 10.2. The number of hydrogen-bond acceptors (Lipinski definition) is 2. The molecule has 1 aromatic rings. The topological polar surface area (TPSA) is 33.5 Å². The molecule has 1 aromatic heterocycles. The van der Waals surface area contributed by atoms with Crippen LogP contribution in [0.15, 0.2) is 16.5 Å². The number of furan rings is 1. The van der Waals surface area contributed by atoms with Crippen molar-refractivity contribution in [1.29, 1.82) is 0 Å². The second kappa shape index (κ2) is 7.47. The molecule has 0 atom stereocenters. The number of carbonyl (C=O) groups is 1. The zero-order valence-corrected chi connectivity index (χ0v) is 12.2. The molecule has 1 rings (SSSR count). The smallest absolute Gasteiger partial charge is 0.223 e.